The van der Waals surface area contributed by atoms with Crippen LogP contribution in [0, 0.1) is 6.92 Å². The van der Waals surface area contributed by atoms with Crippen LogP contribution < -0.4 is 17.0 Å². The number of amides is 1. The summed E-state index contributed by atoms with van der Waals surface area (Å²) in [6, 6.07) is 1.59. The third-order valence-corrected chi connectivity index (χ3v) is 4.28. The Bertz CT molecular complexity index is 870. The fourth-order valence-corrected chi connectivity index (χ4v) is 3.12. The number of rotatable bonds is 2. The lowest BCUT2D eigenvalue weighted by atomic mass is 10.0. The summed E-state index contributed by atoms with van der Waals surface area (Å²) in [5.74, 6) is -0.216. The monoisotopic (exact) mass is 317 g/mol. The molecule has 8 nitrogen and oxygen atoms in total. The zero-order valence-corrected chi connectivity index (χ0v) is 12.9. The van der Waals surface area contributed by atoms with E-state index in [2.05, 4.69) is 15.0 Å². The number of hydrogen-bond donors (Lipinski definition) is 3. The maximum atomic E-state index is 12.8. The van der Waals surface area contributed by atoms with E-state index in [1.165, 1.54) is 0 Å². The second-order valence-electron chi connectivity index (χ2n) is 5.84. The first-order valence-corrected chi connectivity index (χ1v) is 7.66. The van der Waals surface area contributed by atoms with Crippen LogP contribution in [0.2, 0.25) is 0 Å². The molecular formula is C15H19N5O3. The Morgan fingerprint density at radius 2 is 2.17 bits per heavy atom. The van der Waals surface area contributed by atoms with Gasteiger partial charge in [0.05, 0.1) is 5.39 Å². The van der Waals surface area contributed by atoms with E-state index in [0.717, 1.165) is 19.3 Å². The van der Waals surface area contributed by atoms with Crippen molar-refractivity contribution in [2.45, 2.75) is 32.2 Å². The van der Waals surface area contributed by atoms with Gasteiger partial charge in [0, 0.05) is 19.1 Å². The van der Waals surface area contributed by atoms with Crippen LogP contribution >= 0.6 is 0 Å². The van der Waals surface area contributed by atoms with E-state index >= 15 is 0 Å². The molecule has 0 spiro atoms. The predicted octanol–water partition coefficient (Wildman–Crippen LogP) is -0.127. The van der Waals surface area contributed by atoms with E-state index in [0.29, 0.717) is 18.7 Å². The van der Waals surface area contributed by atoms with Crippen molar-refractivity contribution in [2.24, 2.45) is 5.73 Å². The Morgan fingerprint density at radius 1 is 1.39 bits per heavy atom. The average molecular weight is 317 g/mol. The number of fused-ring (bicyclic) bond motifs is 1. The van der Waals surface area contributed by atoms with E-state index < -0.39 is 11.2 Å². The summed E-state index contributed by atoms with van der Waals surface area (Å²) in [4.78, 5) is 46.6. The van der Waals surface area contributed by atoms with Gasteiger partial charge in [-0.25, -0.2) is 9.78 Å². The molecular weight excluding hydrogens is 298 g/mol. The number of piperidine rings is 1. The first-order valence-electron chi connectivity index (χ1n) is 7.66. The minimum atomic E-state index is -0.642. The number of carbonyl (C=O) groups is 1. The summed E-state index contributed by atoms with van der Waals surface area (Å²) >= 11 is 0. The molecule has 1 saturated heterocycles. The van der Waals surface area contributed by atoms with Gasteiger partial charge in [0.15, 0.2) is 0 Å². The van der Waals surface area contributed by atoms with Crippen LogP contribution in [0.15, 0.2) is 15.7 Å². The number of aryl methyl sites for hydroxylation is 1. The summed E-state index contributed by atoms with van der Waals surface area (Å²) in [5, 5.41) is 0.287. The number of aromatic amines is 2. The number of likely N-dealkylation sites (tertiary alicyclic amines) is 1. The summed E-state index contributed by atoms with van der Waals surface area (Å²) < 4.78 is 0. The van der Waals surface area contributed by atoms with Gasteiger partial charge in [-0.05, 0) is 37.8 Å². The van der Waals surface area contributed by atoms with Gasteiger partial charge >= 0.3 is 5.69 Å². The number of aromatic nitrogens is 3. The second-order valence-corrected chi connectivity index (χ2v) is 5.84. The lowest BCUT2D eigenvalue weighted by Crippen LogP contribution is -2.47. The molecule has 1 unspecified atom stereocenters. The van der Waals surface area contributed by atoms with Crippen molar-refractivity contribution in [1.29, 1.82) is 0 Å². The molecule has 122 valence electrons. The number of pyridine rings is 1. The quantitative estimate of drug-likeness (QED) is 0.711. The van der Waals surface area contributed by atoms with Crippen LogP contribution in [-0.2, 0) is 0 Å². The fraction of sp³-hybridized carbons (Fsp3) is 0.467. The molecule has 8 heteroatoms. The van der Waals surface area contributed by atoms with Gasteiger partial charge in [-0.1, -0.05) is 0 Å². The van der Waals surface area contributed by atoms with Crippen molar-refractivity contribution in [1.82, 2.24) is 19.9 Å². The Labute approximate surface area is 131 Å². The first-order chi connectivity index (χ1) is 11.0. The van der Waals surface area contributed by atoms with Gasteiger partial charge in [0.25, 0.3) is 11.5 Å². The fourth-order valence-electron chi connectivity index (χ4n) is 3.12. The average Bonchev–Trinajstić information content (AvgIpc) is 2.52. The summed E-state index contributed by atoms with van der Waals surface area (Å²) in [7, 11) is 0. The van der Waals surface area contributed by atoms with Crippen molar-refractivity contribution in [2.75, 3.05) is 13.1 Å². The highest BCUT2D eigenvalue weighted by Gasteiger charge is 2.27. The lowest BCUT2D eigenvalue weighted by molar-refractivity contribution is 0.0617. The second kappa shape index (κ2) is 5.96. The standard InChI is InChI=1S/C15H19N5O3/c1-8-6-10(14(22)20-5-3-2-4-9(20)7-16)17-12-11(8)13(21)19-15(23)18-12/h6,9H,2-5,7,16H2,1H3,(H2,17,18,19,21,23). The van der Waals surface area contributed by atoms with Crippen molar-refractivity contribution in [3.05, 3.63) is 38.2 Å². The molecule has 0 aliphatic carbocycles. The molecule has 4 N–H and O–H groups in total. The zero-order chi connectivity index (χ0) is 16.6. The van der Waals surface area contributed by atoms with Crippen LogP contribution in [0.25, 0.3) is 11.0 Å². The molecule has 0 bridgehead atoms. The van der Waals surface area contributed by atoms with Gasteiger partial charge in [-0.2, -0.15) is 0 Å². The van der Waals surface area contributed by atoms with Gasteiger partial charge in [0.2, 0.25) is 0 Å². The van der Waals surface area contributed by atoms with E-state index in [1.54, 1.807) is 17.9 Å². The zero-order valence-electron chi connectivity index (χ0n) is 12.9. The molecule has 2 aromatic rings. The molecule has 3 heterocycles. The van der Waals surface area contributed by atoms with E-state index in [4.69, 9.17) is 5.73 Å². The molecule has 23 heavy (non-hydrogen) atoms. The van der Waals surface area contributed by atoms with Gasteiger partial charge in [-0.3, -0.25) is 19.6 Å². The topological polar surface area (TPSA) is 125 Å². The molecule has 1 amide bonds. The lowest BCUT2D eigenvalue weighted by Gasteiger charge is -2.34. The molecule has 1 atom stereocenters. The summed E-state index contributed by atoms with van der Waals surface area (Å²) in [6.45, 7) is 2.77. The SMILES string of the molecule is Cc1cc(C(=O)N2CCCCC2CN)nc2[nH]c(=O)[nH]c(=O)c12. The van der Waals surface area contributed by atoms with Crippen molar-refractivity contribution >= 4 is 16.9 Å². The third kappa shape index (κ3) is 2.77. The van der Waals surface area contributed by atoms with Gasteiger partial charge in [-0.15, -0.1) is 0 Å². The van der Waals surface area contributed by atoms with Crippen molar-refractivity contribution in [3.63, 3.8) is 0 Å². The Hall–Kier alpha value is -2.48. The highest BCUT2D eigenvalue weighted by atomic mass is 16.2. The number of nitrogens with two attached hydrogens (primary N) is 1. The normalized spacial score (nSPS) is 18.3. The van der Waals surface area contributed by atoms with Crippen LogP contribution in [0.4, 0.5) is 0 Å². The van der Waals surface area contributed by atoms with Crippen LogP contribution in [0.3, 0.4) is 0 Å². The number of H-pyrrole nitrogens is 2. The van der Waals surface area contributed by atoms with E-state index in [9.17, 15) is 14.4 Å². The van der Waals surface area contributed by atoms with E-state index in [1.807, 2.05) is 0 Å². The first kappa shape index (κ1) is 15.4. The van der Waals surface area contributed by atoms with Crippen LogP contribution in [-0.4, -0.2) is 44.9 Å². The van der Waals surface area contributed by atoms with Gasteiger partial charge in [0.1, 0.15) is 11.3 Å². The Morgan fingerprint density at radius 3 is 2.91 bits per heavy atom. The molecule has 1 aliphatic rings. The molecule has 0 saturated carbocycles. The molecule has 2 aromatic heterocycles. The Kier molecular flexibility index (Phi) is 3.99. The van der Waals surface area contributed by atoms with Gasteiger partial charge < -0.3 is 10.6 Å². The van der Waals surface area contributed by atoms with Crippen LogP contribution in [0.1, 0.15) is 35.3 Å². The summed E-state index contributed by atoms with van der Waals surface area (Å²) in [6.07, 6.45) is 2.87. The number of nitrogens with one attached hydrogen (secondary N) is 2. The molecule has 0 aromatic carbocycles. The third-order valence-electron chi connectivity index (χ3n) is 4.28. The molecule has 1 aliphatic heterocycles. The largest absolute Gasteiger partial charge is 0.333 e. The molecule has 3 rings (SSSR count). The predicted molar refractivity (Wildman–Crippen MR) is 85.5 cm³/mol. The molecule has 1 fully saturated rings. The molecule has 0 radical (unpaired) electrons. The number of carbonyl (C=O) groups excluding carboxylic acids is 1. The van der Waals surface area contributed by atoms with Crippen molar-refractivity contribution < 1.29 is 4.79 Å². The summed E-state index contributed by atoms with van der Waals surface area (Å²) in [5.41, 5.74) is 5.55. The number of nitrogens with zero attached hydrogens (tertiary/aromatic N) is 2. The van der Waals surface area contributed by atoms with Crippen LogP contribution in [0.5, 0.6) is 0 Å². The van der Waals surface area contributed by atoms with Crippen molar-refractivity contribution in [3.8, 4) is 0 Å². The maximum absolute atomic E-state index is 12.8. The minimum Gasteiger partial charge on any atom is -0.333 e. The minimum absolute atomic E-state index is 0.00674. The smallest absolute Gasteiger partial charge is 0.327 e. The Balaban J connectivity index is 2.07. The number of hydrogen-bond acceptors (Lipinski definition) is 5. The highest BCUT2D eigenvalue weighted by Crippen LogP contribution is 2.20. The highest BCUT2D eigenvalue weighted by molar-refractivity contribution is 5.95. The maximum Gasteiger partial charge on any atom is 0.327 e. The van der Waals surface area contributed by atoms with E-state index in [-0.39, 0.29) is 28.7 Å².